The molecule has 6 heteroatoms. The topological polar surface area (TPSA) is 73.9 Å². The molecule has 6 nitrogen and oxygen atoms in total. The Hall–Kier alpha value is -3.28. The number of carbonyl (C=O) groups is 2. The molecule has 2 aromatic rings. The Balaban J connectivity index is 2.02. The second-order valence-electron chi connectivity index (χ2n) is 5.23. The molecule has 0 fully saturated rings. The van der Waals surface area contributed by atoms with E-state index in [-0.39, 0.29) is 5.91 Å². The first-order valence-electron chi connectivity index (χ1n) is 8.05. The third-order valence-corrected chi connectivity index (χ3v) is 3.49. The van der Waals surface area contributed by atoms with Gasteiger partial charge in [0.15, 0.2) is 11.5 Å². The second kappa shape index (κ2) is 9.27. The van der Waals surface area contributed by atoms with Crippen molar-refractivity contribution in [3.63, 3.8) is 0 Å². The van der Waals surface area contributed by atoms with Crippen molar-refractivity contribution >= 4 is 23.6 Å². The summed E-state index contributed by atoms with van der Waals surface area (Å²) >= 11 is 0. The predicted molar refractivity (Wildman–Crippen MR) is 99.6 cm³/mol. The number of benzene rings is 2. The van der Waals surface area contributed by atoms with Crippen LogP contribution in [0.25, 0.3) is 6.08 Å². The van der Waals surface area contributed by atoms with Crippen LogP contribution in [0.2, 0.25) is 0 Å². The summed E-state index contributed by atoms with van der Waals surface area (Å²) in [4.78, 5) is 23.4. The van der Waals surface area contributed by atoms with Gasteiger partial charge >= 0.3 is 5.97 Å². The summed E-state index contributed by atoms with van der Waals surface area (Å²) in [5, 5.41) is 2.72. The molecule has 136 valence electrons. The second-order valence-corrected chi connectivity index (χ2v) is 5.23. The number of nitrogens with one attached hydrogen (secondary N) is 1. The van der Waals surface area contributed by atoms with E-state index in [9.17, 15) is 9.59 Å². The molecule has 0 spiro atoms. The average molecular weight is 355 g/mol. The first kappa shape index (κ1) is 19.1. The van der Waals surface area contributed by atoms with E-state index in [0.29, 0.717) is 29.4 Å². The summed E-state index contributed by atoms with van der Waals surface area (Å²) in [6.07, 6.45) is 3.10. The summed E-state index contributed by atoms with van der Waals surface area (Å²) in [6, 6.07) is 11.9. The fourth-order valence-corrected chi connectivity index (χ4v) is 2.23. The third-order valence-electron chi connectivity index (χ3n) is 3.49. The minimum absolute atomic E-state index is 0.288. The van der Waals surface area contributed by atoms with Gasteiger partial charge in [-0.25, -0.2) is 4.79 Å². The molecule has 0 aromatic heterocycles. The van der Waals surface area contributed by atoms with E-state index >= 15 is 0 Å². The SMILES string of the molecule is CCOc1ccc(C=CC(=O)Nc2ccc(C(=O)OC)cc2)cc1OC. The van der Waals surface area contributed by atoms with Crippen LogP contribution in [0.3, 0.4) is 0 Å². The standard InChI is InChI=1S/C20H21NO5/c1-4-26-17-11-5-14(13-18(17)24-2)6-12-19(22)21-16-9-7-15(8-10-16)20(23)25-3/h5-13H,4H2,1-3H3,(H,21,22). The molecule has 0 aliphatic heterocycles. The maximum Gasteiger partial charge on any atom is 0.337 e. The molecular formula is C20H21NO5. The Labute approximate surface area is 152 Å². The Morgan fingerprint density at radius 3 is 2.38 bits per heavy atom. The maximum atomic E-state index is 12.0. The van der Waals surface area contributed by atoms with Crippen molar-refractivity contribution in [2.45, 2.75) is 6.92 Å². The summed E-state index contributed by atoms with van der Waals surface area (Å²) in [7, 11) is 2.88. The highest BCUT2D eigenvalue weighted by molar-refractivity contribution is 6.02. The molecule has 0 unspecified atom stereocenters. The first-order chi connectivity index (χ1) is 12.6. The quantitative estimate of drug-likeness (QED) is 0.607. The monoisotopic (exact) mass is 355 g/mol. The molecule has 26 heavy (non-hydrogen) atoms. The maximum absolute atomic E-state index is 12.0. The molecule has 0 heterocycles. The molecule has 2 rings (SSSR count). The Morgan fingerprint density at radius 2 is 1.77 bits per heavy atom. The molecule has 0 radical (unpaired) electrons. The van der Waals surface area contributed by atoms with E-state index < -0.39 is 5.97 Å². The largest absolute Gasteiger partial charge is 0.493 e. The van der Waals surface area contributed by atoms with Gasteiger partial charge < -0.3 is 19.5 Å². The van der Waals surface area contributed by atoms with Gasteiger partial charge in [-0.1, -0.05) is 6.07 Å². The van der Waals surface area contributed by atoms with Gasteiger partial charge in [-0.3, -0.25) is 4.79 Å². The minimum atomic E-state index is -0.424. The van der Waals surface area contributed by atoms with Crippen LogP contribution < -0.4 is 14.8 Å². The molecule has 0 bridgehead atoms. The van der Waals surface area contributed by atoms with Gasteiger partial charge in [-0.2, -0.15) is 0 Å². The van der Waals surface area contributed by atoms with Gasteiger partial charge in [-0.05, 0) is 55.0 Å². The number of hydrogen-bond donors (Lipinski definition) is 1. The molecule has 1 amide bonds. The zero-order chi connectivity index (χ0) is 18.9. The zero-order valence-electron chi connectivity index (χ0n) is 14.9. The Bertz CT molecular complexity index is 796. The highest BCUT2D eigenvalue weighted by Gasteiger charge is 2.06. The van der Waals surface area contributed by atoms with Gasteiger partial charge in [0.25, 0.3) is 0 Å². The van der Waals surface area contributed by atoms with Crippen LogP contribution in [0.4, 0.5) is 5.69 Å². The van der Waals surface area contributed by atoms with Crippen molar-refractivity contribution in [2.24, 2.45) is 0 Å². The van der Waals surface area contributed by atoms with Gasteiger partial charge in [0, 0.05) is 11.8 Å². The van der Waals surface area contributed by atoms with E-state index in [2.05, 4.69) is 10.1 Å². The van der Waals surface area contributed by atoms with Crippen molar-refractivity contribution in [1.82, 2.24) is 0 Å². The summed E-state index contributed by atoms with van der Waals surface area (Å²) in [6.45, 7) is 2.44. The van der Waals surface area contributed by atoms with E-state index in [1.54, 1.807) is 49.6 Å². The highest BCUT2D eigenvalue weighted by Crippen LogP contribution is 2.28. The zero-order valence-corrected chi connectivity index (χ0v) is 14.9. The van der Waals surface area contributed by atoms with Gasteiger partial charge in [0.2, 0.25) is 5.91 Å². The van der Waals surface area contributed by atoms with Crippen LogP contribution in [0, 0.1) is 0 Å². The number of ether oxygens (including phenoxy) is 3. The molecule has 0 saturated heterocycles. The number of methoxy groups -OCH3 is 2. The van der Waals surface area contributed by atoms with Crippen molar-refractivity contribution in [3.8, 4) is 11.5 Å². The fraction of sp³-hybridized carbons (Fsp3) is 0.200. The summed E-state index contributed by atoms with van der Waals surface area (Å²) in [5.41, 5.74) is 1.81. The third kappa shape index (κ3) is 5.11. The lowest BCUT2D eigenvalue weighted by molar-refractivity contribution is -0.111. The van der Waals surface area contributed by atoms with Crippen LogP contribution in [0.15, 0.2) is 48.5 Å². The molecule has 1 N–H and O–H groups in total. The van der Waals surface area contributed by atoms with Crippen LogP contribution in [0.5, 0.6) is 11.5 Å². The number of hydrogen-bond acceptors (Lipinski definition) is 5. The fourth-order valence-electron chi connectivity index (χ4n) is 2.23. The Kier molecular flexibility index (Phi) is 6.79. The van der Waals surface area contributed by atoms with Gasteiger partial charge in [0.05, 0.1) is 26.4 Å². The lowest BCUT2D eigenvalue weighted by atomic mass is 10.2. The number of amides is 1. The van der Waals surface area contributed by atoms with E-state index in [1.165, 1.54) is 13.2 Å². The average Bonchev–Trinajstić information content (AvgIpc) is 2.67. The van der Waals surface area contributed by atoms with E-state index in [4.69, 9.17) is 9.47 Å². The van der Waals surface area contributed by atoms with E-state index in [0.717, 1.165) is 5.56 Å². The summed E-state index contributed by atoms with van der Waals surface area (Å²) < 4.78 is 15.4. The number of esters is 1. The smallest absolute Gasteiger partial charge is 0.337 e. The highest BCUT2D eigenvalue weighted by atomic mass is 16.5. The first-order valence-corrected chi connectivity index (χ1v) is 8.05. The molecule has 0 saturated carbocycles. The summed E-state index contributed by atoms with van der Waals surface area (Å²) in [5.74, 6) is 0.547. The Morgan fingerprint density at radius 1 is 1.04 bits per heavy atom. The van der Waals surface area contributed by atoms with Crippen LogP contribution >= 0.6 is 0 Å². The minimum Gasteiger partial charge on any atom is -0.493 e. The van der Waals surface area contributed by atoms with Crippen LogP contribution in [-0.4, -0.2) is 32.7 Å². The number of rotatable bonds is 7. The van der Waals surface area contributed by atoms with E-state index in [1.807, 2.05) is 13.0 Å². The van der Waals surface area contributed by atoms with Crippen molar-refractivity contribution in [1.29, 1.82) is 0 Å². The van der Waals surface area contributed by atoms with Crippen LogP contribution in [-0.2, 0) is 9.53 Å². The van der Waals surface area contributed by atoms with Gasteiger partial charge in [0.1, 0.15) is 0 Å². The molecule has 0 atom stereocenters. The molecule has 0 aliphatic carbocycles. The van der Waals surface area contributed by atoms with Crippen molar-refractivity contribution in [3.05, 3.63) is 59.7 Å². The van der Waals surface area contributed by atoms with Crippen LogP contribution in [0.1, 0.15) is 22.8 Å². The number of anilines is 1. The molecule has 0 aliphatic rings. The number of carbonyl (C=O) groups excluding carboxylic acids is 2. The molecule has 2 aromatic carbocycles. The van der Waals surface area contributed by atoms with Crippen molar-refractivity contribution < 1.29 is 23.8 Å². The van der Waals surface area contributed by atoms with Crippen molar-refractivity contribution in [2.75, 3.05) is 26.1 Å². The molecular weight excluding hydrogens is 334 g/mol. The lowest BCUT2D eigenvalue weighted by Gasteiger charge is -2.09. The lowest BCUT2D eigenvalue weighted by Crippen LogP contribution is -2.08. The predicted octanol–water partition coefficient (Wildman–Crippen LogP) is 3.53. The normalized spacial score (nSPS) is 10.4. The van der Waals surface area contributed by atoms with Gasteiger partial charge in [-0.15, -0.1) is 0 Å².